The van der Waals surface area contributed by atoms with Gasteiger partial charge in [0.1, 0.15) is 22.6 Å². The third kappa shape index (κ3) is 3.48. The molecule has 0 spiro atoms. The highest BCUT2D eigenvalue weighted by Gasteiger charge is 2.10. The zero-order valence-electron chi connectivity index (χ0n) is 11.5. The zero-order chi connectivity index (χ0) is 14.5. The minimum Gasteiger partial charge on any atom is -0.497 e. The number of rotatable bonds is 5. The van der Waals surface area contributed by atoms with Crippen LogP contribution in [0.3, 0.4) is 0 Å². The van der Waals surface area contributed by atoms with Crippen molar-refractivity contribution in [1.29, 1.82) is 0 Å². The topological polar surface area (TPSA) is 44.5 Å². The Morgan fingerprint density at radius 3 is 2.35 bits per heavy atom. The average Bonchev–Trinajstić information content (AvgIpc) is 2.47. The van der Waals surface area contributed by atoms with Crippen LogP contribution in [0.2, 0.25) is 0 Å². The summed E-state index contributed by atoms with van der Waals surface area (Å²) in [5.41, 5.74) is 7.50. The summed E-state index contributed by atoms with van der Waals surface area (Å²) >= 11 is 5.00. The predicted molar refractivity (Wildman–Crippen MR) is 84.4 cm³/mol. The van der Waals surface area contributed by atoms with Gasteiger partial charge in [0.2, 0.25) is 0 Å². The molecule has 0 radical (unpaired) electrons. The van der Waals surface area contributed by atoms with Gasteiger partial charge in [0.15, 0.2) is 0 Å². The largest absolute Gasteiger partial charge is 0.497 e. The molecule has 0 amide bonds. The quantitative estimate of drug-likeness (QED) is 0.855. The molecule has 2 N–H and O–H groups in total. The summed E-state index contributed by atoms with van der Waals surface area (Å²) in [4.78, 5) is 0.320. The predicted octanol–water partition coefficient (Wildman–Crippen LogP) is 3.47. The second kappa shape index (κ2) is 6.39. The molecule has 2 rings (SSSR count). The van der Waals surface area contributed by atoms with E-state index in [2.05, 4.69) is 0 Å². The third-order valence-corrected chi connectivity index (χ3v) is 3.22. The molecule has 0 saturated carbocycles. The van der Waals surface area contributed by atoms with E-state index in [-0.39, 0.29) is 6.10 Å². The smallest absolute Gasteiger partial charge is 0.124 e. The van der Waals surface area contributed by atoms with Crippen molar-refractivity contribution in [1.82, 2.24) is 0 Å². The molecule has 1 unspecified atom stereocenters. The van der Waals surface area contributed by atoms with Crippen molar-refractivity contribution in [3.05, 3.63) is 59.7 Å². The van der Waals surface area contributed by atoms with Gasteiger partial charge in [-0.05, 0) is 24.6 Å². The van der Waals surface area contributed by atoms with Crippen LogP contribution in [0.15, 0.2) is 48.5 Å². The van der Waals surface area contributed by atoms with Gasteiger partial charge in [0.05, 0.1) is 7.11 Å². The van der Waals surface area contributed by atoms with Crippen LogP contribution in [0.5, 0.6) is 11.5 Å². The Balaban J connectivity index is 2.24. The fraction of sp³-hybridized carbons (Fsp3) is 0.188. The molecule has 0 saturated heterocycles. The first-order valence-corrected chi connectivity index (χ1v) is 6.71. The summed E-state index contributed by atoms with van der Waals surface area (Å²) in [5, 5.41) is 0. The Labute approximate surface area is 124 Å². The Bertz CT molecular complexity index is 599. The molecule has 0 fully saturated rings. The van der Waals surface area contributed by atoms with Gasteiger partial charge in [-0.15, -0.1) is 0 Å². The van der Waals surface area contributed by atoms with E-state index in [1.807, 2.05) is 49.4 Å². The van der Waals surface area contributed by atoms with E-state index in [4.69, 9.17) is 27.4 Å². The zero-order valence-corrected chi connectivity index (χ0v) is 12.3. The molecule has 104 valence electrons. The Morgan fingerprint density at radius 1 is 1.10 bits per heavy atom. The Kier molecular flexibility index (Phi) is 4.58. The SMILES string of the molecule is COc1cc(OC(C)c2ccccc2)cc(C(N)=S)c1. The first-order chi connectivity index (χ1) is 9.60. The average molecular weight is 287 g/mol. The summed E-state index contributed by atoms with van der Waals surface area (Å²) in [6.45, 7) is 2.00. The van der Waals surface area contributed by atoms with Crippen LogP contribution >= 0.6 is 12.2 Å². The highest BCUT2D eigenvalue weighted by molar-refractivity contribution is 7.80. The van der Waals surface area contributed by atoms with Gasteiger partial charge in [0.25, 0.3) is 0 Å². The Morgan fingerprint density at radius 2 is 1.75 bits per heavy atom. The normalized spacial score (nSPS) is 11.7. The molecule has 0 aliphatic heterocycles. The van der Waals surface area contributed by atoms with Crippen molar-refractivity contribution in [3.8, 4) is 11.5 Å². The van der Waals surface area contributed by atoms with Crippen LogP contribution in [0, 0.1) is 0 Å². The van der Waals surface area contributed by atoms with Crippen molar-refractivity contribution in [2.75, 3.05) is 7.11 Å². The van der Waals surface area contributed by atoms with Gasteiger partial charge in [0, 0.05) is 11.6 Å². The fourth-order valence-electron chi connectivity index (χ4n) is 1.90. The lowest BCUT2D eigenvalue weighted by atomic mass is 10.1. The van der Waals surface area contributed by atoms with Crippen LogP contribution in [0.1, 0.15) is 24.2 Å². The standard InChI is InChI=1S/C16H17NO2S/c1-11(12-6-4-3-5-7-12)19-15-9-13(16(17)20)8-14(10-15)18-2/h3-11H,1-2H3,(H2,17,20). The molecule has 0 aromatic heterocycles. The molecule has 1 atom stereocenters. The van der Waals surface area contributed by atoms with Crippen molar-refractivity contribution >= 4 is 17.2 Å². The number of thiocarbonyl (C=S) groups is 1. The fourth-order valence-corrected chi connectivity index (χ4v) is 2.01. The second-order valence-corrected chi connectivity index (χ2v) is 4.87. The van der Waals surface area contributed by atoms with Gasteiger partial charge < -0.3 is 15.2 Å². The Hall–Kier alpha value is -2.07. The van der Waals surface area contributed by atoms with Crippen molar-refractivity contribution in [2.45, 2.75) is 13.0 Å². The summed E-state index contributed by atoms with van der Waals surface area (Å²) in [6.07, 6.45) is -0.0671. The van der Waals surface area contributed by atoms with E-state index in [1.165, 1.54) is 0 Å². The monoisotopic (exact) mass is 287 g/mol. The maximum Gasteiger partial charge on any atom is 0.124 e. The third-order valence-electron chi connectivity index (χ3n) is 2.98. The number of nitrogens with two attached hydrogens (primary N) is 1. The van der Waals surface area contributed by atoms with Crippen LogP contribution < -0.4 is 15.2 Å². The lowest BCUT2D eigenvalue weighted by Gasteiger charge is -2.16. The summed E-state index contributed by atoms with van der Waals surface area (Å²) in [7, 11) is 1.60. The molecule has 4 heteroatoms. The minimum absolute atomic E-state index is 0.0671. The molecule has 2 aromatic carbocycles. The van der Waals surface area contributed by atoms with Crippen LogP contribution in [-0.4, -0.2) is 12.1 Å². The molecule has 3 nitrogen and oxygen atoms in total. The highest BCUT2D eigenvalue weighted by atomic mass is 32.1. The molecule has 0 aliphatic rings. The van der Waals surface area contributed by atoms with E-state index >= 15 is 0 Å². The van der Waals surface area contributed by atoms with Crippen molar-refractivity contribution < 1.29 is 9.47 Å². The van der Waals surface area contributed by atoms with Gasteiger partial charge in [-0.2, -0.15) is 0 Å². The lowest BCUT2D eigenvalue weighted by molar-refractivity contribution is 0.226. The highest BCUT2D eigenvalue weighted by Crippen LogP contribution is 2.27. The molecular formula is C16H17NO2S. The van der Waals surface area contributed by atoms with Gasteiger partial charge in [-0.3, -0.25) is 0 Å². The summed E-state index contributed by atoms with van der Waals surface area (Å²) < 4.78 is 11.2. The molecule has 0 aliphatic carbocycles. The molecule has 20 heavy (non-hydrogen) atoms. The van der Waals surface area contributed by atoms with E-state index in [0.29, 0.717) is 16.5 Å². The van der Waals surface area contributed by atoms with E-state index < -0.39 is 0 Å². The summed E-state index contributed by atoms with van der Waals surface area (Å²) in [5.74, 6) is 1.36. The first-order valence-electron chi connectivity index (χ1n) is 6.30. The number of methoxy groups -OCH3 is 1. The minimum atomic E-state index is -0.0671. The van der Waals surface area contributed by atoms with Gasteiger partial charge >= 0.3 is 0 Å². The van der Waals surface area contributed by atoms with Crippen LogP contribution in [0.25, 0.3) is 0 Å². The first kappa shape index (κ1) is 14.3. The number of benzene rings is 2. The molecule has 0 heterocycles. The molecule has 2 aromatic rings. The second-order valence-electron chi connectivity index (χ2n) is 4.43. The summed E-state index contributed by atoms with van der Waals surface area (Å²) in [6, 6.07) is 15.4. The van der Waals surface area contributed by atoms with Gasteiger partial charge in [-0.25, -0.2) is 0 Å². The number of hydrogen-bond donors (Lipinski definition) is 1. The van der Waals surface area contributed by atoms with E-state index in [0.717, 1.165) is 11.1 Å². The maximum atomic E-state index is 5.94. The van der Waals surface area contributed by atoms with E-state index in [1.54, 1.807) is 13.2 Å². The van der Waals surface area contributed by atoms with Crippen molar-refractivity contribution in [3.63, 3.8) is 0 Å². The van der Waals surface area contributed by atoms with Crippen molar-refractivity contribution in [2.24, 2.45) is 5.73 Å². The molecule has 0 bridgehead atoms. The van der Waals surface area contributed by atoms with Crippen LogP contribution in [-0.2, 0) is 0 Å². The van der Waals surface area contributed by atoms with Gasteiger partial charge in [-0.1, -0.05) is 42.5 Å². The maximum absolute atomic E-state index is 5.94. The lowest BCUT2D eigenvalue weighted by Crippen LogP contribution is -2.10. The van der Waals surface area contributed by atoms with E-state index in [9.17, 15) is 0 Å². The van der Waals surface area contributed by atoms with Crippen LogP contribution in [0.4, 0.5) is 0 Å². The number of hydrogen-bond acceptors (Lipinski definition) is 3. The molecular weight excluding hydrogens is 270 g/mol. The number of ether oxygens (including phenoxy) is 2.